The summed E-state index contributed by atoms with van der Waals surface area (Å²) in [6, 6.07) is 15.1. The summed E-state index contributed by atoms with van der Waals surface area (Å²) in [6.07, 6.45) is 3.68. The maximum absolute atomic E-state index is 12.5. The third-order valence-corrected chi connectivity index (χ3v) is 4.85. The average molecular weight is 300 g/mol. The van der Waals surface area contributed by atoms with Crippen LogP contribution in [0.3, 0.4) is 0 Å². The molecule has 100 valence electrons. The van der Waals surface area contributed by atoms with E-state index in [1.54, 1.807) is 6.20 Å². The van der Waals surface area contributed by atoms with Gasteiger partial charge in [-0.3, -0.25) is 9.10 Å². The molecule has 3 nitrogen and oxygen atoms in total. The fraction of sp³-hybridized carbons (Fsp3) is 0.0667. The van der Waals surface area contributed by atoms with E-state index in [9.17, 15) is 4.79 Å². The number of carbonyl (C=O) groups is 1. The predicted octanol–water partition coefficient (Wildman–Crippen LogP) is 3.82. The molecule has 0 aliphatic carbocycles. The number of nitrogens with zero attached hydrogens (tertiary/aromatic N) is 2. The zero-order valence-electron chi connectivity index (χ0n) is 10.5. The standard InChI is InChI=1S/C15H12N2OS2/c18-14(12-6-2-1-3-7-12)15-17(10-11-19-15)20-13-8-4-5-9-16-13/h1-11,15H. The molecule has 0 fully saturated rings. The molecule has 0 spiro atoms. The van der Waals surface area contributed by atoms with Crippen LogP contribution in [-0.4, -0.2) is 20.4 Å². The third-order valence-electron chi connectivity index (χ3n) is 2.77. The van der Waals surface area contributed by atoms with Gasteiger partial charge in [-0.2, -0.15) is 0 Å². The van der Waals surface area contributed by atoms with Crippen LogP contribution in [0.5, 0.6) is 0 Å². The Labute approximate surface area is 126 Å². The summed E-state index contributed by atoms with van der Waals surface area (Å²) in [5, 5.41) is 2.59. The molecule has 1 aromatic heterocycles. The molecule has 0 bridgehead atoms. The first-order chi connectivity index (χ1) is 9.84. The molecule has 1 aliphatic rings. The van der Waals surface area contributed by atoms with Gasteiger partial charge >= 0.3 is 0 Å². The highest BCUT2D eigenvalue weighted by Crippen LogP contribution is 2.35. The van der Waals surface area contributed by atoms with E-state index in [2.05, 4.69) is 4.98 Å². The van der Waals surface area contributed by atoms with Crippen molar-refractivity contribution in [3.8, 4) is 0 Å². The van der Waals surface area contributed by atoms with E-state index in [1.807, 2.05) is 64.4 Å². The Balaban J connectivity index is 1.75. The van der Waals surface area contributed by atoms with Crippen molar-refractivity contribution in [3.05, 3.63) is 71.9 Å². The zero-order valence-corrected chi connectivity index (χ0v) is 12.2. The Kier molecular flexibility index (Phi) is 4.08. The molecular formula is C15H12N2OS2. The van der Waals surface area contributed by atoms with E-state index in [0.717, 1.165) is 10.6 Å². The molecule has 0 N–H and O–H groups in total. The van der Waals surface area contributed by atoms with Gasteiger partial charge < -0.3 is 0 Å². The quantitative estimate of drug-likeness (QED) is 0.633. The van der Waals surface area contributed by atoms with E-state index in [0.29, 0.717) is 0 Å². The summed E-state index contributed by atoms with van der Waals surface area (Å²) in [5.41, 5.74) is 0.736. The second-order valence-electron chi connectivity index (χ2n) is 4.12. The first-order valence-corrected chi connectivity index (χ1v) is 7.85. The van der Waals surface area contributed by atoms with Crippen molar-refractivity contribution >= 4 is 29.5 Å². The zero-order chi connectivity index (χ0) is 13.8. The van der Waals surface area contributed by atoms with E-state index in [-0.39, 0.29) is 11.2 Å². The van der Waals surface area contributed by atoms with Gasteiger partial charge in [0.1, 0.15) is 5.03 Å². The van der Waals surface area contributed by atoms with Crippen LogP contribution in [0.25, 0.3) is 0 Å². The minimum absolute atomic E-state index is 0.115. The number of ketones is 1. The second kappa shape index (κ2) is 6.15. The summed E-state index contributed by atoms with van der Waals surface area (Å²) >= 11 is 3.00. The predicted molar refractivity (Wildman–Crippen MR) is 83.2 cm³/mol. The summed E-state index contributed by atoms with van der Waals surface area (Å²) in [4.78, 5) is 16.8. The highest BCUT2D eigenvalue weighted by atomic mass is 32.2. The fourth-order valence-corrected chi connectivity index (χ4v) is 3.75. The Hall–Kier alpha value is -1.72. The van der Waals surface area contributed by atoms with Gasteiger partial charge in [-0.1, -0.05) is 48.2 Å². The van der Waals surface area contributed by atoms with Crippen LogP contribution in [0.4, 0.5) is 0 Å². The molecule has 1 atom stereocenters. The van der Waals surface area contributed by atoms with Crippen molar-refractivity contribution in [2.24, 2.45) is 0 Å². The molecule has 3 rings (SSSR count). The van der Waals surface area contributed by atoms with Gasteiger partial charge in [0.2, 0.25) is 0 Å². The van der Waals surface area contributed by atoms with Crippen LogP contribution in [0.15, 0.2) is 71.4 Å². The topological polar surface area (TPSA) is 33.2 Å². The van der Waals surface area contributed by atoms with Crippen molar-refractivity contribution in [1.82, 2.24) is 9.29 Å². The van der Waals surface area contributed by atoms with Crippen molar-refractivity contribution in [3.63, 3.8) is 0 Å². The molecule has 2 aromatic rings. The van der Waals surface area contributed by atoms with E-state index >= 15 is 0 Å². The second-order valence-corrected chi connectivity index (χ2v) is 6.14. The molecule has 1 unspecified atom stereocenters. The number of pyridine rings is 1. The average Bonchev–Trinajstić information content (AvgIpc) is 2.96. The lowest BCUT2D eigenvalue weighted by Crippen LogP contribution is -2.27. The number of thioether (sulfide) groups is 1. The molecule has 20 heavy (non-hydrogen) atoms. The fourth-order valence-electron chi connectivity index (χ4n) is 1.82. The molecule has 1 aromatic carbocycles. The van der Waals surface area contributed by atoms with Gasteiger partial charge in [-0.15, -0.1) is 0 Å². The van der Waals surface area contributed by atoms with Crippen molar-refractivity contribution in [2.45, 2.75) is 10.4 Å². The van der Waals surface area contributed by atoms with Crippen LogP contribution in [0.1, 0.15) is 10.4 Å². The van der Waals surface area contributed by atoms with Crippen LogP contribution >= 0.6 is 23.7 Å². The van der Waals surface area contributed by atoms with Gasteiger partial charge in [0.05, 0.1) is 0 Å². The van der Waals surface area contributed by atoms with Gasteiger partial charge in [-0.25, -0.2) is 4.98 Å². The smallest absolute Gasteiger partial charge is 0.196 e. The lowest BCUT2D eigenvalue weighted by molar-refractivity contribution is 0.0966. The molecule has 2 heterocycles. The number of hydrogen-bond acceptors (Lipinski definition) is 5. The Morgan fingerprint density at radius 1 is 1.15 bits per heavy atom. The normalized spacial score (nSPS) is 17.4. The van der Waals surface area contributed by atoms with Crippen LogP contribution < -0.4 is 0 Å². The van der Waals surface area contributed by atoms with Crippen LogP contribution in [0.2, 0.25) is 0 Å². The lowest BCUT2D eigenvalue weighted by atomic mass is 10.1. The molecule has 0 amide bonds. The highest BCUT2D eigenvalue weighted by molar-refractivity contribution is 8.05. The van der Waals surface area contributed by atoms with E-state index in [1.165, 1.54) is 23.7 Å². The SMILES string of the molecule is O=C(c1ccccc1)C1SC=CN1Sc1ccccn1. The monoisotopic (exact) mass is 300 g/mol. The summed E-state index contributed by atoms with van der Waals surface area (Å²) in [5.74, 6) is 0.115. The largest absolute Gasteiger partial charge is 0.296 e. The molecular weight excluding hydrogens is 288 g/mol. The highest BCUT2D eigenvalue weighted by Gasteiger charge is 2.29. The maximum Gasteiger partial charge on any atom is 0.196 e. The van der Waals surface area contributed by atoms with Crippen molar-refractivity contribution in [1.29, 1.82) is 0 Å². The Morgan fingerprint density at radius 3 is 2.70 bits per heavy atom. The maximum atomic E-state index is 12.5. The lowest BCUT2D eigenvalue weighted by Gasteiger charge is -2.21. The molecule has 0 saturated carbocycles. The minimum atomic E-state index is -0.232. The number of hydrogen-bond donors (Lipinski definition) is 0. The molecule has 0 saturated heterocycles. The van der Waals surface area contributed by atoms with Crippen molar-refractivity contribution in [2.75, 3.05) is 0 Å². The number of carbonyl (C=O) groups excluding carboxylic acids is 1. The molecule has 1 aliphatic heterocycles. The van der Waals surface area contributed by atoms with Gasteiger partial charge in [0.15, 0.2) is 11.2 Å². The Bertz CT molecular complexity index is 616. The Morgan fingerprint density at radius 2 is 1.95 bits per heavy atom. The first-order valence-electron chi connectivity index (χ1n) is 6.13. The summed E-state index contributed by atoms with van der Waals surface area (Å²) < 4.78 is 1.95. The molecule has 5 heteroatoms. The van der Waals surface area contributed by atoms with Gasteiger partial charge in [0.25, 0.3) is 0 Å². The minimum Gasteiger partial charge on any atom is -0.296 e. The van der Waals surface area contributed by atoms with Gasteiger partial charge in [-0.05, 0) is 17.5 Å². The summed E-state index contributed by atoms with van der Waals surface area (Å²) in [7, 11) is 0. The number of Topliss-reactive ketones (excluding diaryl/α,β-unsaturated/α-hetero) is 1. The van der Waals surface area contributed by atoms with E-state index < -0.39 is 0 Å². The van der Waals surface area contributed by atoms with E-state index in [4.69, 9.17) is 0 Å². The number of rotatable bonds is 4. The third kappa shape index (κ3) is 2.89. The number of aromatic nitrogens is 1. The van der Waals surface area contributed by atoms with Crippen LogP contribution in [0, 0.1) is 0 Å². The van der Waals surface area contributed by atoms with Crippen LogP contribution in [-0.2, 0) is 0 Å². The summed E-state index contributed by atoms with van der Waals surface area (Å²) in [6.45, 7) is 0. The van der Waals surface area contributed by atoms with Crippen molar-refractivity contribution < 1.29 is 4.79 Å². The molecule has 0 radical (unpaired) electrons. The first kappa shape index (κ1) is 13.3. The number of benzene rings is 1. The van der Waals surface area contributed by atoms with Gasteiger partial charge in [0, 0.05) is 29.9 Å².